The number of aryl methyl sites for hydroxylation is 3. The van der Waals surface area contributed by atoms with Crippen LogP contribution in [0.5, 0.6) is 0 Å². The van der Waals surface area contributed by atoms with Crippen LogP contribution in [0.1, 0.15) is 43.2 Å². The maximum absolute atomic E-state index is 12.3. The number of hydrogen-bond donors (Lipinski definition) is 1. The summed E-state index contributed by atoms with van der Waals surface area (Å²) in [5.74, 6) is 0.128. The maximum Gasteiger partial charge on any atom is 0.220 e. The summed E-state index contributed by atoms with van der Waals surface area (Å²) in [5.41, 5.74) is 4.46. The number of nitrogens with one attached hydrogen (secondary N) is 1. The molecule has 2 aromatic rings. The van der Waals surface area contributed by atoms with Crippen molar-refractivity contribution >= 4 is 5.91 Å². The van der Waals surface area contributed by atoms with Crippen molar-refractivity contribution in [3.63, 3.8) is 0 Å². The number of rotatable bonds is 7. The van der Waals surface area contributed by atoms with Gasteiger partial charge in [-0.1, -0.05) is 42.7 Å². The van der Waals surface area contributed by atoms with Crippen LogP contribution in [0.15, 0.2) is 30.5 Å². The fraction of sp³-hybridized carbons (Fsp3) is 0.545. The van der Waals surface area contributed by atoms with Gasteiger partial charge in [0.25, 0.3) is 0 Å². The van der Waals surface area contributed by atoms with Crippen LogP contribution in [0, 0.1) is 6.92 Å². The van der Waals surface area contributed by atoms with E-state index in [0.717, 1.165) is 29.9 Å². The van der Waals surface area contributed by atoms with E-state index in [2.05, 4.69) is 46.5 Å². The van der Waals surface area contributed by atoms with Gasteiger partial charge in [0, 0.05) is 38.3 Å². The third-order valence-corrected chi connectivity index (χ3v) is 5.30. The molecule has 5 heteroatoms. The molecule has 1 aliphatic heterocycles. The predicted octanol–water partition coefficient (Wildman–Crippen LogP) is 3.32. The van der Waals surface area contributed by atoms with Crippen molar-refractivity contribution in [1.29, 1.82) is 0 Å². The Morgan fingerprint density at radius 1 is 1.11 bits per heavy atom. The second kappa shape index (κ2) is 9.70. The molecule has 1 saturated heterocycles. The number of amides is 1. The highest BCUT2D eigenvalue weighted by atomic mass is 16.1. The largest absolute Gasteiger partial charge is 0.355 e. The number of carbonyl (C=O) groups is 1. The third kappa shape index (κ3) is 5.93. The van der Waals surface area contributed by atoms with Gasteiger partial charge >= 0.3 is 0 Å². The molecule has 0 unspecified atom stereocenters. The van der Waals surface area contributed by atoms with Gasteiger partial charge in [-0.05, 0) is 44.8 Å². The zero-order valence-corrected chi connectivity index (χ0v) is 16.7. The Kier molecular flexibility index (Phi) is 7.04. The van der Waals surface area contributed by atoms with Crippen molar-refractivity contribution in [2.24, 2.45) is 7.05 Å². The molecule has 0 bridgehead atoms. The first kappa shape index (κ1) is 19.6. The molecule has 1 aromatic carbocycles. The summed E-state index contributed by atoms with van der Waals surface area (Å²) >= 11 is 0. The molecule has 1 fully saturated rings. The molecular formula is C22H32N4O. The first-order valence-electron chi connectivity index (χ1n) is 10.2. The Morgan fingerprint density at radius 2 is 1.81 bits per heavy atom. The van der Waals surface area contributed by atoms with Crippen LogP contribution in [-0.4, -0.2) is 46.8 Å². The minimum absolute atomic E-state index is 0.128. The molecule has 0 radical (unpaired) electrons. The summed E-state index contributed by atoms with van der Waals surface area (Å²) in [6, 6.07) is 8.40. The van der Waals surface area contributed by atoms with Crippen LogP contribution in [0.3, 0.4) is 0 Å². The highest BCUT2D eigenvalue weighted by Gasteiger charge is 2.13. The summed E-state index contributed by atoms with van der Waals surface area (Å²) in [5, 5.41) is 7.69. The van der Waals surface area contributed by atoms with E-state index in [4.69, 9.17) is 0 Å². The highest BCUT2D eigenvalue weighted by molar-refractivity contribution is 5.76. The Labute approximate surface area is 162 Å². The molecular weight excluding hydrogens is 336 g/mol. The van der Waals surface area contributed by atoms with E-state index in [1.807, 2.05) is 17.9 Å². The molecule has 0 atom stereocenters. The molecule has 1 amide bonds. The van der Waals surface area contributed by atoms with Crippen molar-refractivity contribution in [3.05, 3.63) is 41.6 Å². The van der Waals surface area contributed by atoms with Gasteiger partial charge in [-0.25, -0.2) is 0 Å². The SMILES string of the molecule is Cc1ccc(-c2nn(C)cc2CCC(=O)NCCN2CCCCCC2)cc1. The van der Waals surface area contributed by atoms with E-state index in [0.29, 0.717) is 12.8 Å². The van der Waals surface area contributed by atoms with Gasteiger partial charge in [0.1, 0.15) is 0 Å². The zero-order valence-electron chi connectivity index (χ0n) is 16.7. The fourth-order valence-electron chi connectivity index (χ4n) is 3.72. The summed E-state index contributed by atoms with van der Waals surface area (Å²) in [6.07, 6.45) is 8.51. The quantitative estimate of drug-likeness (QED) is 0.816. The molecule has 1 N–H and O–H groups in total. The van der Waals surface area contributed by atoms with Crippen LogP contribution in [-0.2, 0) is 18.3 Å². The molecule has 5 nitrogen and oxygen atoms in total. The fourth-order valence-corrected chi connectivity index (χ4v) is 3.72. The average Bonchev–Trinajstić information content (AvgIpc) is 2.85. The van der Waals surface area contributed by atoms with Gasteiger partial charge < -0.3 is 10.2 Å². The smallest absolute Gasteiger partial charge is 0.220 e. The van der Waals surface area contributed by atoms with Crippen LogP contribution in [0.25, 0.3) is 11.3 Å². The lowest BCUT2D eigenvalue weighted by molar-refractivity contribution is -0.121. The van der Waals surface area contributed by atoms with Crippen LogP contribution in [0.4, 0.5) is 0 Å². The zero-order chi connectivity index (χ0) is 19.1. The normalized spacial score (nSPS) is 15.5. The van der Waals surface area contributed by atoms with Crippen LogP contribution < -0.4 is 5.32 Å². The van der Waals surface area contributed by atoms with E-state index in [1.165, 1.54) is 44.3 Å². The molecule has 146 valence electrons. The second-order valence-corrected chi connectivity index (χ2v) is 7.65. The maximum atomic E-state index is 12.3. The van der Waals surface area contributed by atoms with Gasteiger partial charge in [0.2, 0.25) is 5.91 Å². The first-order chi connectivity index (χ1) is 13.1. The van der Waals surface area contributed by atoms with Crippen molar-refractivity contribution in [1.82, 2.24) is 20.0 Å². The van der Waals surface area contributed by atoms with Gasteiger partial charge in [-0.15, -0.1) is 0 Å². The van der Waals surface area contributed by atoms with E-state index >= 15 is 0 Å². The van der Waals surface area contributed by atoms with E-state index in [-0.39, 0.29) is 5.91 Å². The number of hydrogen-bond acceptors (Lipinski definition) is 3. The summed E-state index contributed by atoms with van der Waals surface area (Å²) in [4.78, 5) is 14.7. The van der Waals surface area contributed by atoms with E-state index in [9.17, 15) is 4.79 Å². The summed E-state index contributed by atoms with van der Waals surface area (Å²) in [6.45, 7) is 6.14. The Balaban J connectivity index is 1.48. The van der Waals surface area contributed by atoms with Gasteiger partial charge in [-0.3, -0.25) is 9.48 Å². The number of carbonyl (C=O) groups excluding carboxylic acids is 1. The van der Waals surface area contributed by atoms with Crippen LogP contribution in [0.2, 0.25) is 0 Å². The minimum Gasteiger partial charge on any atom is -0.355 e. The van der Waals surface area contributed by atoms with Crippen molar-refractivity contribution in [3.8, 4) is 11.3 Å². The van der Waals surface area contributed by atoms with Gasteiger partial charge in [-0.2, -0.15) is 5.10 Å². The number of nitrogens with zero attached hydrogens (tertiary/aromatic N) is 3. The topological polar surface area (TPSA) is 50.2 Å². The predicted molar refractivity (Wildman–Crippen MR) is 110 cm³/mol. The molecule has 0 saturated carbocycles. The molecule has 2 heterocycles. The molecule has 1 aromatic heterocycles. The van der Waals surface area contributed by atoms with Crippen molar-refractivity contribution in [2.75, 3.05) is 26.2 Å². The molecule has 3 rings (SSSR count). The van der Waals surface area contributed by atoms with Gasteiger partial charge in [0.15, 0.2) is 0 Å². The minimum atomic E-state index is 0.128. The molecule has 0 spiro atoms. The summed E-state index contributed by atoms with van der Waals surface area (Å²) < 4.78 is 1.84. The van der Waals surface area contributed by atoms with E-state index in [1.54, 1.807) is 0 Å². The Morgan fingerprint density at radius 3 is 2.52 bits per heavy atom. The third-order valence-electron chi connectivity index (χ3n) is 5.30. The van der Waals surface area contributed by atoms with Crippen molar-refractivity contribution < 1.29 is 4.79 Å². The lowest BCUT2D eigenvalue weighted by Gasteiger charge is -2.19. The van der Waals surface area contributed by atoms with Gasteiger partial charge in [0.05, 0.1) is 5.69 Å². The van der Waals surface area contributed by atoms with Crippen molar-refractivity contribution in [2.45, 2.75) is 45.4 Å². The average molecular weight is 369 g/mol. The lowest BCUT2D eigenvalue weighted by Crippen LogP contribution is -2.35. The Bertz CT molecular complexity index is 727. The number of benzene rings is 1. The monoisotopic (exact) mass is 368 g/mol. The number of likely N-dealkylation sites (tertiary alicyclic amines) is 1. The molecule has 0 aliphatic carbocycles. The molecule has 1 aliphatic rings. The first-order valence-corrected chi connectivity index (χ1v) is 10.2. The summed E-state index contributed by atoms with van der Waals surface area (Å²) in [7, 11) is 1.93. The Hall–Kier alpha value is -2.14. The lowest BCUT2D eigenvalue weighted by atomic mass is 10.0. The van der Waals surface area contributed by atoms with Crippen LogP contribution >= 0.6 is 0 Å². The highest BCUT2D eigenvalue weighted by Crippen LogP contribution is 2.23. The number of aromatic nitrogens is 2. The second-order valence-electron chi connectivity index (χ2n) is 7.65. The standard InChI is InChI=1S/C22H32N4O/c1-18-7-9-19(10-8-18)22-20(17-25(2)24-22)11-12-21(27)23-13-16-26-14-5-3-4-6-15-26/h7-10,17H,3-6,11-16H2,1-2H3,(H,23,27). The molecule has 27 heavy (non-hydrogen) atoms. The van der Waals surface area contributed by atoms with E-state index < -0.39 is 0 Å².